The maximum absolute atomic E-state index is 12.1. The van der Waals surface area contributed by atoms with Crippen molar-refractivity contribution in [3.05, 3.63) is 24.0 Å². The summed E-state index contributed by atoms with van der Waals surface area (Å²) in [5.74, 6) is -0.849. The summed E-state index contributed by atoms with van der Waals surface area (Å²) in [5.41, 5.74) is -0.0516. The van der Waals surface area contributed by atoms with Gasteiger partial charge in [-0.05, 0) is 12.1 Å². The molecule has 0 spiro atoms. The van der Waals surface area contributed by atoms with E-state index in [1.165, 1.54) is 18.3 Å². The zero-order chi connectivity index (χ0) is 12.7. The number of carboxylic acid groups (broad SMARTS) is 1. The summed E-state index contributed by atoms with van der Waals surface area (Å²) in [6, 6.07) is 2.82. The highest BCUT2D eigenvalue weighted by Gasteiger charge is 2.04. The van der Waals surface area contributed by atoms with Gasteiger partial charge in [0.1, 0.15) is 11.4 Å². The first-order valence-corrected chi connectivity index (χ1v) is 5.09. The molecule has 0 aliphatic rings. The maximum Gasteiger partial charge on any atom is 0.354 e. The molecule has 1 N–H and O–H groups in total. The fourth-order valence-corrected chi connectivity index (χ4v) is 0.996. The maximum atomic E-state index is 12.1. The van der Waals surface area contributed by atoms with Crippen molar-refractivity contribution in [2.45, 2.75) is 6.92 Å². The van der Waals surface area contributed by atoms with E-state index < -0.39 is 12.6 Å². The Morgan fingerprint density at radius 1 is 1.59 bits per heavy atom. The molecule has 0 bridgehead atoms. The minimum atomic E-state index is -1.09. The van der Waals surface area contributed by atoms with Gasteiger partial charge in [0.05, 0.1) is 19.5 Å². The first-order valence-electron chi connectivity index (χ1n) is 5.09. The topological polar surface area (TPSA) is 68.7 Å². The highest BCUT2D eigenvalue weighted by atomic mass is 19.1. The third-order valence-corrected chi connectivity index (χ3v) is 1.93. The number of ether oxygens (including phenoxy) is 2. The molecule has 6 heteroatoms. The molecule has 5 nitrogen and oxygen atoms in total. The molecule has 0 amide bonds. The molecule has 0 radical (unpaired) electrons. The van der Waals surface area contributed by atoms with Crippen molar-refractivity contribution in [2.75, 3.05) is 20.1 Å². The molecule has 94 valence electrons. The van der Waals surface area contributed by atoms with Crippen molar-refractivity contribution < 1.29 is 23.8 Å². The largest absolute Gasteiger partial charge is 0.477 e. The molecule has 1 atom stereocenters. The number of carboxylic acids is 1. The molecule has 0 saturated heterocycles. The quantitative estimate of drug-likeness (QED) is 0.583. The van der Waals surface area contributed by atoms with Gasteiger partial charge in [-0.3, -0.25) is 4.39 Å². The second kappa shape index (κ2) is 6.80. The fraction of sp³-hybridized carbons (Fsp3) is 0.455. The summed E-state index contributed by atoms with van der Waals surface area (Å²) >= 11 is 0. The summed E-state index contributed by atoms with van der Waals surface area (Å²) in [6.07, 6.45) is 1.30. The van der Waals surface area contributed by atoms with Gasteiger partial charge in [0, 0.05) is 5.92 Å². The third-order valence-electron chi connectivity index (χ3n) is 1.93. The normalized spacial score (nSPS) is 12.1. The molecule has 0 fully saturated rings. The van der Waals surface area contributed by atoms with Crippen molar-refractivity contribution in [3.8, 4) is 5.75 Å². The number of aromatic nitrogens is 1. The summed E-state index contributed by atoms with van der Waals surface area (Å²) in [7, 11) is 0. The average Bonchev–Trinajstić information content (AvgIpc) is 2.34. The van der Waals surface area contributed by atoms with E-state index in [1.807, 2.05) is 0 Å². The van der Waals surface area contributed by atoms with Crippen LogP contribution < -0.4 is 4.74 Å². The van der Waals surface area contributed by atoms with Crippen molar-refractivity contribution in [1.29, 1.82) is 0 Å². The predicted molar refractivity (Wildman–Crippen MR) is 57.8 cm³/mol. The Hall–Kier alpha value is -1.69. The van der Waals surface area contributed by atoms with Gasteiger partial charge in [-0.1, -0.05) is 6.92 Å². The lowest BCUT2D eigenvalue weighted by Gasteiger charge is -2.09. The summed E-state index contributed by atoms with van der Waals surface area (Å²) in [5, 5.41) is 8.61. The first-order chi connectivity index (χ1) is 8.13. The fourth-order valence-electron chi connectivity index (χ4n) is 0.996. The SMILES string of the molecule is CC(CF)COCOc1ccc(C(=O)O)nc1. The van der Waals surface area contributed by atoms with Gasteiger partial charge in [-0.15, -0.1) is 0 Å². The number of carbonyl (C=O) groups is 1. The molecule has 1 rings (SSSR count). The van der Waals surface area contributed by atoms with E-state index in [0.717, 1.165) is 0 Å². The smallest absolute Gasteiger partial charge is 0.354 e. The molecule has 1 aromatic rings. The lowest BCUT2D eigenvalue weighted by molar-refractivity contribution is -0.00308. The van der Waals surface area contributed by atoms with Crippen LogP contribution in [-0.2, 0) is 4.74 Å². The molecule has 0 saturated carbocycles. The molecule has 0 aromatic carbocycles. The van der Waals surface area contributed by atoms with Crippen molar-refractivity contribution in [3.63, 3.8) is 0 Å². The second-order valence-corrected chi connectivity index (χ2v) is 3.58. The average molecular weight is 243 g/mol. The van der Waals surface area contributed by atoms with Gasteiger partial charge >= 0.3 is 5.97 Å². The Kier molecular flexibility index (Phi) is 5.35. The van der Waals surface area contributed by atoms with Gasteiger partial charge in [-0.2, -0.15) is 0 Å². The number of halogens is 1. The van der Waals surface area contributed by atoms with Crippen LogP contribution in [0.15, 0.2) is 18.3 Å². The van der Waals surface area contributed by atoms with E-state index in [1.54, 1.807) is 6.92 Å². The van der Waals surface area contributed by atoms with Gasteiger partial charge in [-0.25, -0.2) is 9.78 Å². The summed E-state index contributed by atoms with van der Waals surface area (Å²) in [4.78, 5) is 14.2. The highest BCUT2D eigenvalue weighted by molar-refractivity contribution is 5.85. The van der Waals surface area contributed by atoms with Gasteiger partial charge in [0.15, 0.2) is 6.79 Å². The number of hydrogen-bond acceptors (Lipinski definition) is 4. The monoisotopic (exact) mass is 243 g/mol. The first kappa shape index (κ1) is 13.4. The Bertz CT molecular complexity index is 355. The van der Waals surface area contributed by atoms with Crippen molar-refractivity contribution in [2.24, 2.45) is 5.92 Å². The van der Waals surface area contributed by atoms with Crippen LogP contribution in [0.1, 0.15) is 17.4 Å². The van der Waals surface area contributed by atoms with E-state index in [0.29, 0.717) is 5.75 Å². The third kappa shape index (κ3) is 4.78. The number of hydrogen-bond donors (Lipinski definition) is 1. The highest BCUT2D eigenvalue weighted by Crippen LogP contribution is 2.09. The number of aromatic carboxylic acids is 1. The molecule has 1 aromatic heterocycles. The zero-order valence-electron chi connectivity index (χ0n) is 9.43. The van der Waals surface area contributed by atoms with Crippen LogP contribution in [0.5, 0.6) is 5.75 Å². The van der Waals surface area contributed by atoms with Gasteiger partial charge < -0.3 is 14.6 Å². The van der Waals surface area contributed by atoms with Crippen LogP contribution in [0, 0.1) is 5.92 Å². The van der Waals surface area contributed by atoms with E-state index in [9.17, 15) is 9.18 Å². The molecule has 1 heterocycles. The van der Waals surface area contributed by atoms with E-state index >= 15 is 0 Å². The van der Waals surface area contributed by atoms with Crippen LogP contribution in [0.2, 0.25) is 0 Å². The summed E-state index contributed by atoms with van der Waals surface area (Å²) < 4.78 is 22.3. The molecule has 0 aliphatic heterocycles. The van der Waals surface area contributed by atoms with E-state index in [-0.39, 0.29) is 25.0 Å². The Morgan fingerprint density at radius 2 is 2.35 bits per heavy atom. The molecular weight excluding hydrogens is 229 g/mol. The Morgan fingerprint density at radius 3 is 2.88 bits per heavy atom. The van der Waals surface area contributed by atoms with E-state index in [2.05, 4.69) is 4.98 Å². The minimum absolute atomic E-state index is 0.0154. The standard InChI is InChI=1S/C11H14FNO4/c1-8(4-12)6-16-7-17-9-2-3-10(11(14)15)13-5-9/h2-3,5,8H,4,6-7H2,1H3,(H,14,15). The van der Waals surface area contributed by atoms with Gasteiger partial charge in [0.25, 0.3) is 0 Å². The van der Waals surface area contributed by atoms with E-state index in [4.69, 9.17) is 14.6 Å². The number of pyridine rings is 1. The van der Waals surface area contributed by atoms with Crippen LogP contribution >= 0.6 is 0 Å². The Labute approximate surface area is 98.2 Å². The zero-order valence-corrected chi connectivity index (χ0v) is 9.43. The predicted octanol–water partition coefficient (Wildman–Crippen LogP) is 1.74. The second-order valence-electron chi connectivity index (χ2n) is 3.58. The van der Waals surface area contributed by atoms with Crippen LogP contribution in [0.4, 0.5) is 4.39 Å². The van der Waals surface area contributed by atoms with Crippen molar-refractivity contribution in [1.82, 2.24) is 4.98 Å². The van der Waals surface area contributed by atoms with Gasteiger partial charge in [0.2, 0.25) is 0 Å². The Balaban J connectivity index is 2.30. The molecule has 17 heavy (non-hydrogen) atoms. The molecule has 1 unspecified atom stereocenters. The number of alkyl halides is 1. The van der Waals surface area contributed by atoms with Crippen molar-refractivity contribution >= 4 is 5.97 Å². The lowest BCUT2D eigenvalue weighted by atomic mass is 10.2. The minimum Gasteiger partial charge on any atom is -0.477 e. The van der Waals surface area contributed by atoms with Crippen LogP contribution in [0.3, 0.4) is 0 Å². The summed E-state index contributed by atoms with van der Waals surface area (Å²) in [6.45, 7) is 1.55. The molecule has 0 aliphatic carbocycles. The van der Waals surface area contributed by atoms with Crippen LogP contribution in [0.25, 0.3) is 0 Å². The lowest BCUT2D eigenvalue weighted by Crippen LogP contribution is -2.11. The van der Waals surface area contributed by atoms with Crippen LogP contribution in [-0.4, -0.2) is 36.1 Å². The number of nitrogens with zero attached hydrogens (tertiary/aromatic N) is 1. The number of rotatable bonds is 7. The molecular formula is C11H14FNO4.